The summed E-state index contributed by atoms with van der Waals surface area (Å²) >= 11 is 6.02. The first-order valence-electron chi connectivity index (χ1n) is 4.84. The van der Waals surface area contributed by atoms with Crippen molar-refractivity contribution in [3.05, 3.63) is 29.3 Å². The molecular formula is C11H14ClNO. The number of para-hydroxylation sites is 1. The maximum atomic E-state index is 6.02. The average Bonchev–Trinajstić information content (AvgIpc) is 2.57. The molecule has 1 unspecified atom stereocenters. The molecule has 1 N–H and O–H groups in total. The Balaban J connectivity index is 2.14. The Labute approximate surface area is 89.2 Å². The highest BCUT2D eigenvalue weighted by Crippen LogP contribution is 2.29. The van der Waals surface area contributed by atoms with Crippen molar-refractivity contribution in [3.8, 4) is 5.75 Å². The van der Waals surface area contributed by atoms with Crippen molar-refractivity contribution >= 4 is 11.6 Å². The molecule has 1 aliphatic heterocycles. The maximum absolute atomic E-state index is 6.02. The molecule has 0 spiro atoms. The minimum atomic E-state index is -0.106. The van der Waals surface area contributed by atoms with Crippen LogP contribution in [0.2, 0.25) is 5.02 Å². The molecule has 0 bridgehead atoms. The van der Waals surface area contributed by atoms with Crippen LogP contribution in [0, 0.1) is 0 Å². The highest BCUT2D eigenvalue weighted by Gasteiger charge is 2.30. The van der Waals surface area contributed by atoms with Crippen LogP contribution in [-0.2, 0) is 0 Å². The SMILES string of the molecule is CC1(Oc2ccccc2Cl)CCNC1. The van der Waals surface area contributed by atoms with E-state index in [4.69, 9.17) is 16.3 Å². The lowest BCUT2D eigenvalue weighted by Gasteiger charge is -2.25. The number of hydrogen-bond acceptors (Lipinski definition) is 2. The molecule has 2 rings (SSSR count). The predicted octanol–water partition coefficient (Wildman–Crippen LogP) is 2.47. The minimum absolute atomic E-state index is 0.106. The van der Waals surface area contributed by atoms with Crippen molar-refractivity contribution in [2.24, 2.45) is 0 Å². The van der Waals surface area contributed by atoms with E-state index in [1.165, 1.54) is 0 Å². The highest BCUT2D eigenvalue weighted by molar-refractivity contribution is 6.32. The fraction of sp³-hybridized carbons (Fsp3) is 0.455. The first kappa shape index (κ1) is 9.81. The van der Waals surface area contributed by atoms with E-state index in [9.17, 15) is 0 Å². The van der Waals surface area contributed by atoms with Gasteiger partial charge in [0.05, 0.1) is 5.02 Å². The Bertz CT molecular complexity index is 321. The summed E-state index contributed by atoms with van der Waals surface area (Å²) < 4.78 is 5.90. The van der Waals surface area contributed by atoms with Gasteiger partial charge in [-0.05, 0) is 25.6 Å². The molecule has 14 heavy (non-hydrogen) atoms. The molecule has 1 aromatic rings. The summed E-state index contributed by atoms with van der Waals surface area (Å²) in [6.45, 7) is 4.01. The van der Waals surface area contributed by atoms with Crippen molar-refractivity contribution in [1.29, 1.82) is 0 Å². The van der Waals surface area contributed by atoms with Crippen molar-refractivity contribution in [2.45, 2.75) is 18.9 Å². The highest BCUT2D eigenvalue weighted by atomic mass is 35.5. The Morgan fingerprint density at radius 3 is 2.86 bits per heavy atom. The molecule has 1 heterocycles. The van der Waals surface area contributed by atoms with Gasteiger partial charge in [0.2, 0.25) is 0 Å². The third-order valence-corrected chi connectivity index (χ3v) is 2.83. The van der Waals surface area contributed by atoms with E-state index in [2.05, 4.69) is 12.2 Å². The van der Waals surface area contributed by atoms with Gasteiger partial charge in [-0.15, -0.1) is 0 Å². The third kappa shape index (κ3) is 2.02. The zero-order valence-electron chi connectivity index (χ0n) is 8.22. The molecule has 76 valence electrons. The van der Waals surface area contributed by atoms with Crippen molar-refractivity contribution in [2.75, 3.05) is 13.1 Å². The van der Waals surface area contributed by atoms with Crippen LogP contribution in [-0.4, -0.2) is 18.7 Å². The molecule has 1 aliphatic rings. The third-order valence-electron chi connectivity index (χ3n) is 2.52. The lowest BCUT2D eigenvalue weighted by atomic mass is 10.1. The molecular weight excluding hydrogens is 198 g/mol. The van der Waals surface area contributed by atoms with E-state index in [1.807, 2.05) is 24.3 Å². The summed E-state index contributed by atoms with van der Waals surface area (Å²) in [6, 6.07) is 7.60. The molecule has 0 amide bonds. The van der Waals surface area contributed by atoms with Gasteiger partial charge < -0.3 is 10.1 Å². The first-order valence-corrected chi connectivity index (χ1v) is 5.22. The molecule has 3 heteroatoms. The van der Waals surface area contributed by atoms with Crippen LogP contribution < -0.4 is 10.1 Å². The van der Waals surface area contributed by atoms with Crippen LogP contribution in [0.15, 0.2) is 24.3 Å². The second-order valence-corrected chi connectivity index (χ2v) is 4.32. The van der Waals surface area contributed by atoms with Crippen LogP contribution in [0.25, 0.3) is 0 Å². The Kier molecular flexibility index (Phi) is 2.66. The number of nitrogens with one attached hydrogen (secondary N) is 1. The van der Waals surface area contributed by atoms with Crippen molar-refractivity contribution in [3.63, 3.8) is 0 Å². The van der Waals surface area contributed by atoms with Crippen LogP contribution in [0.5, 0.6) is 5.75 Å². The molecule has 1 aromatic carbocycles. The fourth-order valence-electron chi connectivity index (χ4n) is 1.67. The minimum Gasteiger partial charge on any atom is -0.485 e. The van der Waals surface area contributed by atoms with Gasteiger partial charge in [0.1, 0.15) is 11.4 Å². The van der Waals surface area contributed by atoms with E-state index in [0.717, 1.165) is 25.3 Å². The van der Waals surface area contributed by atoms with E-state index < -0.39 is 0 Å². The molecule has 0 aromatic heterocycles. The van der Waals surface area contributed by atoms with E-state index >= 15 is 0 Å². The zero-order valence-corrected chi connectivity index (χ0v) is 8.97. The molecule has 1 fully saturated rings. The Hall–Kier alpha value is -0.730. The van der Waals surface area contributed by atoms with Gasteiger partial charge in [0, 0.05) is 13.0 Å². The van der Waals surface area contributed by atoms with Gasteiger partial charge in [-0.3, -0.25) is 0 Å². The van der Waals surface area contributed by atoms with Gasteiger partial charge in [-0.1, -0.05) is 23.7 Å². The number of ether oxygens (including phenoxy) is 1. The quantitative estimate of drug-likeness (QED) is 0.812. The summed E-state index contributed by atoms with van der Waals surface area (Å²) in [7, 11) is 0. The van der Waals surface area contributed by atoms with Gasteiger partial charge in [-0.2, -0.15) is 0 Å². The summed E-state index contributed by atoms with van der Waals surface area (Å²) in [5.41, 5.74) is -0.106. The van der Waals surface area contributed by atoms with Crippen molar-refractivity contribution in [1.82, 2.24) is 5.32 Å². The zero-order chi connectivity index (χ0) is 10.0. The fourth-order valence-corrected chi connectivity index (χ4v) is 1.85. The molecule has 0 aliphatic carbocycles. The van der Waals surface area contributed by atoms with E-state index in [0.29, 0.717) is 5.02 Å². The summed E-state index contributed by atoms with van der Waals surface area (Å²) in [5.74, 6) is 0.778. The van der Waals surface area contributed by atoms with Gasteiger partial charge in [0.25, 0.3) is 0 Å². The molecule has 0 saturated carbocycles. The van der Waals surface area contributed by atoms with Gasteiger partial charge in [-0.25, -0.2) is 0 Å². The Morgan fingerprint density at radius 1 is 1.43 bits per heavy atom. The summed E-state index contributed by atoms with van der Waals surface area (Å²) in [5, 5.41) is 3.97. The maximum Gasteiger partial charge on any atom is 0.138 e. The van der Waals surface area contributed by atoms with Crippen LogP contribution in [0.1, 0.15) is 13.3 Å². The topological polar surface area (TPSA) is 21.3 Å². The van der Waals surface area contributed by atoms with E-state index in [-0.39, 0.29) is 5.60 Å². The molecule has 0 radical (unpaired) electrons. The number of rotatable bonds is 2. The first-order chi connectivity index (χ1) is 6.70. The number of halogens is 1. The summed E-state index contributed by atoms with van der Waals surface area (Å²) in [4.78, 5) is 0. The normalized spacial score (nSPS) is 26.4. The molecule has 1 saturated heterocycles. The second kappa shape index (κ2) is 3.79. The van der Waals surface area contributed by atoms with Crippen LogP contribution in [0.4, 0.5) is 0 Å². The van der Waals surface area contributed by atoms with Crippen molar-refractivity contribution < 1.29 is 4.74 Å². The number of benzene rings is 1. The summed E-state index contributed by atoms with van der Waals surface area (Å²) in [6.07, 6.45) is 1.03. The van der Waals surface area contributed by atoms with Crippen LogP contribution >= 0.6 is 11.6 Å². The van der Waals surface area contributed by atoms with Crippen LogP contribution in [0.3, 0.4) is 0 Å². The second-order valence-electron chi connectivity index (χ2n) is 3.91. The predicted molar refractivity (Wildman–Crippen MR) is 58.0 cm³/mol. The lowest BCUT2D eigenvalue weighted by molar-refractivity contribution is 0.111. The smallest absolute Gasteiger partial charge is 0.138 e. The number of hydrogen-bond donors (Lipinski definition) is 1. The van der Waals surface area contributed by atoms with E-state index in [1.54, 1.807) is 0 Å². The largest absolute Gasteiger partial charge is 0.485 e. The van der Waals surface area contributed by atoms with Gasteiger partial charge >= 0.3 is 0 Å². The molecule has 1 atom stereocenters. The lowest BCUT2D eigenvalue weighted by Crippen LogP contribution is -2.34. The monoisotopic (exact) mass is 211 g/mol. The standard InChI is InChI=1S/C11H14ClNO/c1-11(6-7-13-8-11)14-10-5-3-2-4-9(10)12/h2-5,13H,6-8H2,1H3. The molecule has 2 nitrogen and oxygen atoms in total. The Morgan fingerprint density at radius 2 is 2.21 bits per heavy atom. The van der Waals surface area contributed by atoms with Gasteiger partial charge in [0.15, 0.2) is 0 Å². The average molecular weight is 212 g/mol.